The van der Waals surface area contributed by atoms with Crippen molar-refractivity contribution in [2.75, 3.05) is 7.11 Å². The van der Waals surface area contributed by atoms with Gasteiger partial charge in [0.05, 0.1) is 18.4 Å². The molecule has 0 saturated heterocycles. The summed E-state index contributed by atoms with van der Waals surface area (Å²) >= 11 is 4.97. The minimum Gasteiger partial charge on any atom is -0.496 e. The maximum atomic E-state index is 11.2. The van der Waals surface area contributed by atoms with Gasteiger partial charge < -0.3 is 9.84 Å². The van der Waals surface area contributed by atoms with Crippen molar-refractivity contribution in [1.82, 2.24) is 10.3 Å². The highest BCUT2D eigenvalue weighted by Gasteiger charge is 2.16. The van der Waals surface area contributed by atoms with E-state index in [-0.39, 0.29) is 0 Å². The molecule has 0 aliphatic carbocycles. The van der Waals surface area contributed by atoms with E-state index in [1.54, 1.807) is 7.11 Å². The van der Waals surface area contributed by atoms with E-state index in [0.717, 1.165) is 32.9 Å². The van der Waals surface area contributed by atoms with Crippen LogP contribution in [0.4, 0.5) is 0 Å². The van der Waals surface area contributed by atoms with E-state index in [9.17, 15) is 4.79 Å². The van der Waals surface area contributed by atoms with Crippen LogP contribution < -0.4 is 10.1 Å². The second kappa shape index (κ2) is 8.42. The Balaban J connectivity index is 2.12. The van der Waals surface area contributed by atoms with Crippen molar-refractivity contribution >= 4 is 33.2 Å². The number of rotatable bonds is 8. The van der Waals surface area contributed by atoms with Gasteiger partial charge in [0.2, 0.25) is 0 Å². The number of aromatic nitrogens is 1. The van der Waals surface area contributed by atoms with Crippen LogP contribution in [-0.4, -0.2) is 29.2 Å². The number of thiazole rings is 1. The van der Waals surface area contributed by atoms with Crippen LogP contribution in [0, 0.1) is 0 Å². The normalized spacial score (nSPS) is 12.1. The number of carbonyl (C=O) groups is 1. The van der Waals surface area contributed by atoms with Crippen LogP contribution in [0.5, 0.6) is 5.75 Å². The molecule has 0 fully saturated rings. The number of ether oxygens (including phenoxy) is 1. The van der Waals surface area contributed by atoms with Gasteiger partial charge in [0.1, 0.15) is 16.8 Å². The number of nitrogens with one attached hydrogen (secondary N) is 1. The summed E-state index contributed by atoms with van der Waals surface area (Å²) < 4.78 is 6.33. The standard InChI is InChI=1S/C16H19BrN2O3S/c1-3-4-13(16(20)21)18-8-11-9-23-15(19-11)12-7-10(17)5-6-14(12)22-2/h5-7,9,13,18H,3-4,8H2,1-2H3,(H,20,21). The monoisotopic (exact) mass is 398 g/mol. The highest BCUT2D eigenvalue weighted by Crippen LogP contribution is 2.34. The topological polar surface area (TPSA) is 71.5 Å². The first kappa shape index (κ1) is 17.9. The molecule has 5 nitrogen and oxygen atoms in total. The number of carboxylic acid groups (broad SMARTS) is 1. The SMILES string of the molecule is CCCC(NCc1csc(-c2cc(Br)ccc2OC)n1)C(=O)O. The van der Waals surface area contributed by atoms with E-state index in [2.05, 4.69) is 26.2 Å². The van der Waals surface area contributed by atoms with E-state index in [1.807, 2.05) is 30.5 Å². The second-order valence-electron chi connectivity index (χ2n) is 5.05. The van der Waals surface area contributed by atoms with E-state index in [0.29, 0.717) is 13.0 Å². The number of benzene rings is 1. The molecule has 2 N–H and O–H groups in total. The molecule has 2 aromatic rings. The molecular formula is C16H19BrN2O3S. The molecule has 1 atom stereocenters. The Morgan fingerprint density at radius 3 is 2.96 bits per heavy atom. The van der Waals surface area contributed by atoms with Gasteiger partial charge in [-0.05, 0) is 24.6 Å². The zero-order valence-electron chi connectivity index (χ0n) is 13.0. The van der Waals surface area contributed by atoms with Gasteiger partial charge in [-0.3, -0.25) is 10.1 Å². The van der Waals surface area contributed by atoms with Crippen molar-refractivity contribution in [1.29, 1.82) is 0 Å². The van der Waals surface area contributed by atoms with E-state index >= 15 is 0 Å². The fourth-order valence-electron chi connectivity index (χ4n) is 2.19. The lowest BCUT2D eigenvalue weighted by molar-refractivity contribution is -0.139. The van der Waals surface area contributed by atoms with Crippen LogP contribution in [0.2, 0.25) is 0 Å². The molecular weight excluding hydrogens is 380 g/mol. The molecule has 1 aromatic carbocycles. The maximum absolute atomic E-state index is 11.2. The van der Waals surface area contributed by atoms with Gasteiger partial charge in [-0.1, -0.05) is 29.3 Å². The van der Waals surface area contributed by atoms with Crippen LogP contribution >= 0.6 is 27.3 Å². The number of carboxylic acids is 1. The summed E-state index contributed by atoms with van der Waals surface area (Å²) in [7, 11) is 1.63. The van der Waals surface area contributed by atoms with Crippen LogP contribution in [0.3, 0.4) is 0 Å². The number of methoxy groups -OCH3 is 1. The fourth-order valence-corrected chi connectivity index (χ4v) is 3.39. The van der Waals surface area contributed by atoms with Gasteiger partial charge in [0.15, 0.2) is 0 Å². The molecule has 0 bridgehead atoms. The van der Waals surface area contributed by atoms with Crippen molar-refractivity contribution in [3.63, 3.8) is 0 Å². The lowest BCUT2D eigenvalue weighted by Crippen LogP contribution is -2.36. The summed E-state index contributed by atoms with van der Waals surface area (Å²) in [6.45, 7) is 2.40. The summed E-state index contributed by atoms with van der Waals surface area (Å²) in [4.78, 5) is 15.7. The van der Waals surface area contributed by atoms with E-state index in [1.165, 1.54) is 11.3 Å². The molecule has 2 rings (SSSR count). The van der Waals surface area contributed by atoms with Crippen LogP contribution in [-0.2, 0) is 11.3 Å². The fraction of sp³-hybridized carbons (Fsp3) is 0.375. The van der Waals surface area contributed by atoms with Crippen molar-refractivity contribution < 1.29 is 14.6 Å². The smallest absolute Gasteiger partial charge is 0.320 e. The lowest BCUT2D eigenvalue weighted by Gasteiger charge is -2.12. The Morgan fingerprint density at radius 1 is 1.52 bits per heavy atom. The predicted molar refractivity (Wildman–Crippen MR) is 95.0 cm³/mol. The summed E-state index contributed by atoms with van der Waals surface area (Å²) in [5.41, 5.74) is 1.75. The Kier molecular flexibility index (Phi) is 6.56. The van der Waals surface area contributed by atoms with Gasteiger partial charge in [0.25, 0.3) is 0 Å². The molecule has 0 radical (unpaired) electrons. The van der Waals surface area contributed by atoms with Crippen LogP contribution in [0.1, 0.15) is 25.5 Å². The third kappa shape index (κ3) is 4.76. The molecule has 0 aliphatic heterocycles. The second-order valence-corrected chi connectivity index (χ2v) is 6.82. The molecule has 0 spiro atoms. The highest BCUT2D eigenvalue weighted by molar-refractivity contribution is 9.10. The number of halogens is 1. The molecule has 7 heteroatoms. The Morgan fingerprint density at radius 2 is 2.30 bits per heavy atom. The number of hydrogen-bond donors (Lipinski definition) is 2. The minimum absolute atomic E-state index is 0.434. The highest BCUT2D eigenvalue weighted by atomic mass is 79.9. The quantitative estimate of drug-likeness (QED) is 0.704. The number of hydrogen-bond acceptors (Lipinski definition) is 5. The number of aliphatic carboxylic acids is 1. The molecule has 0 amide bonds. The Bertz CT molecular complexity index is 675. The zero-order chi connectivity index (χ0) is 16.8. The molecule has 124 valence electrons. The van der Waals surface area contributed by atoms with Crippen LogP contribution in [0.15, 0.2) is 28.1 Å². The van der Waals surface area contributed by atoms with Gasteiger partial charge in [-0.25, -0.2) is 4.98 Å². The molecule has 0 aliphatic rings. The summed E-state index contributed by atoms with van der Waals surface area (Å²) in [5, 5.41) is 15.0. The summed E-state index contributed by atoms with van der Waals surface area (Å²) in [5.74, 6) is -0.0626. The van der Waals surface area contributed by atoms with Gasteiger partial charge >= 0.3 is 5.97 Å². The van der Waals surface area contributed by atoms with E-state index in [4.69, 9.17) is 9.84 Å². The first-order valence-corrected chi connectivity index (χ1v) is 8.97. The molecule has 1 unspecified atom stereocenters. The molecule has 0 saturated carbocycles. The largest absolute Gasteiger partial charge is 0.496 e. The van der Waals surface area contributed by atoms with Crippen molar-refractivity contribution in [2.24, 2.45) is 0 Å². The Hall–Kier alpha value is -1.44. The lowest BCUT2D eigenvalue weighted by atomic mass is 10.1. The van der Waals surface area contributed by atoms with Gasteiger partial charge in [-0.15, -0.1) is 11.3 Å². The first-order valence-electron chi connectivity index (χ1n) is 7.29. The molecule has 1 heterocycles. The van der Waals surface area contributed by atoms with Crippen molar-refractivity contribution in [3.05, 3.63) is 33.7 Å². The molecule has 1 aromatic heterocycles. The average Bonchev–Trinajstić information content (AvgIpc) is 2.99. The summed E-state index contributed by atoms with van der Waals surface area (Å²) in [6.07, 6.45) is 1.42. The average molecular weight is 399 g/mol. The molecule has 23 heavy (non-hydrogen) atoms. The van der Waals surface area contributed by atoms with E-state index < -0.39 is 12.0 Å². The third-order valence-corrected chi connectivity index (χ3v) is 4.77. The summed E-state index contributed by atoms with van der Waals surface area (Å²) in [6, 6.07) is 5.23. The number of nitrogens with zero attached hydrogens (tertiary/aromatic N) is 1. The first-order chi connectivity index (χ1) is 11.0. The Labute approximate surface area is 147 Å². The maximum Gasteiger partial charge on any atom is 0.320 e. The van der Waals surface area contributed by atoms with Crippen molar-refractivity contribution in [3.8, 4) is 16.3 Å². The van der Waals surface area contributed by atoms with Gasteiger partial charge in [-0.2, -0.15) is 0 Å². The minimum atomic E-state index is -0.823. The zero-order valence-corrected chi connectivity index (χ0v) is 15.4. The van der Waals surface area contributed by atoms with Gasteiger partial charge in [0, 0.05) is 16.4 Å². The third-order valence-electron chi connectivity index (χ3n) is 3.35. The van der Waals surface area contributed by atoms with Crippen LogP contribution in [0.25, 0.3) is 10.6 Å². The van der Waals surface area contributed by atoms with Crippen molar-refractivity contribution in [2.45, 2.75) is 32.4 Å². The predicted octanol–water partition coefficient (Wildman–Crippen LogP) is 3.92.